The van der Waals surface area contributed by atoms with Crippen LogP contribution in [0, 0.1) is 11.8 Å². The fourth-order valence-corrected chi connectivity index (χ4v) is 2.01. The Morgan fingerprint density at radius 3 is 2.62 bits per heavy atom. The Balaban J connectivity index is 1.89. The number of likely N-dealkylation sites (tertiary alicyclic amines) is 1. The van der Waals surface area contributed by atoms with Crippen LogP contribution < -0.4 is 5.32 Å². The second-order valence-electron chi connectivity index (χ2n) is 4.14. The van der Waals surface area contributed by atoms with Crippen LogP contribution in [0.15, 0.2) is 0 Å². The summed E-state index contributed by atoms with van der Waals surface area (Å²) >= 11 is 0. The predicted molar refractivity (Wildman–Crippen MR) is 48.1 cm³/mol. The van der Waals surface area contributed by atoms with Crippen LogP contribution in [0.4, 0.5) is 0 Å². The first-order valence-corrected chi connectivity index (χ1v) is 4.86. The zero-order valence-electron chi connectivity index (χ0n) is 7.86. The Labute approximate surface area is 77.9 Å². The number of rotatable bonds is 1. The smallest absolute Gasteiger partial charge is 0.227 e. The number of amides is 1. The minimum Gasteiger partial charge on any atom is -0.389 e. The lowest BCUT2D eigenvalue weighted by molar-refractivity contribution is -0.146. The van der Waals surface area contributed by atoms with Crippen molar-refractivity contribution in [1.29, 1.82) is 0 Å². The normalized spacial score (nSPS) is 34.8. The highest BCUT2D eigenvalue weighted by Crippen LogP contribution is 2.21. The van der Waals surface area contributed by atoms with E-state index in [4.69, 9.17) is 5.11 Å². The summed E-state index contributed by atoms with van der Waals surface area (Å²) in [5.41, 5.74) is 0. The van der Waals surface area contributed by atoms with Gasteiger partial charge in [-0.05, 0) is 12.5 Å². The summed E-state index contributed by atoms with van der Waals surface area (Å²) < 4.78 is 0. The highest BCUT2D eigenvalue weighted by atomic mass is 16.3. The van der Waals surface area contributed by atoms with Crippen molar-refractivity contribution >= 4 is 5.91 Å². The van der Waals surface area contributed by atoms with Crippen LogP contribution in [0.1, 0.15) is 6.92 Å². The Kier molecular flexibility index (Phi) is 2.26. The Morgan fingerprint density at radius 2 is 2.15 bits per heavy atom. The van der Waals surface area contributed by atoms with Crippen LogP contribution in [0.5, 0.6) is 0 Å². The van der Waals surface area contributed by atoms with Gasteiger partial charge in [0.1, 0.15) is 0 Å². The van der Waals surface area contributed by atoms with E-state index in [9.17, 15) is 4.79 Å². The van der Waals surface area contributed by atoms with Gasteiger partial charge in [0.25, 0.3) is 0 Å². The average molecular weight is 184 g/mol. The van der Waals surface area contributed by atoms with Gasteiger partial charge in [-0.15, -0.1) is 0 Å². The van der Waals surface area contributed by atoms with Gasteiger partial charge in [0.2, 0.25) is 5.91 Å². The van der Waals surface area contributed by atoms with Crippen molar-refractivity contribution < 1.29 is 9.90 Å². The SMILES string of the molecule is C[C@@H]1CNC[C@H]1C(=O)N1CC(O)C1. The summed E-state index contributed by atoms with van der Waals surface area (Å²) in [4.78, 5) is 13.5. The molecular weight excluding hydrogens is 168 g/mol. The molecule has 2 rings (SSSR count). The Bertz CT molecular complexity index is 214. The topological polar surface area (TPSA) is 52.6 Å². The van der Waals surface area contributed by atoms with Gasteiger partial charge in [0.05, 0.1) is 12.0 Å². The van der Waals surface area contributed by atoms with Crippen LogP contribution in [-0.4, -0.2) is 48.2 Å². The van der Waals surface area contributed by atoms with E-state index in [-0.39, 0.29) is 17.9 Å². The van der Waals surface area contributed by atoms with E-state index < -0.39 is 0 Å². The molecule has 0 aliphatic carbocycles. The minimum atomic E-state index is -0.284. The van der Waals surface area contributed by atoms with Gasteiger partial charge in [-0.25, -0.2) is 0 Å². The lowest BCUT2D eigenvalue weighted by atomic mass is 9.95. The molecule has 0 saturated carbocycles. The number of nitrogens with zero attached hydrogens (tertiary/aromatic N) is 1. The molecule has 1 amide bonds. The third-order valence-corrected chi connectivity index (χ3v) is 3.01. The summed E-state index contributed by atoms with van der Waals surface area (Å²) in [7, 11) is 0. The maximum Gasteiger partial charge on any atom is 0.227 e. The van der Waals surface area contributed by atoms with Crippen LogP contribution in [0.3, 0.4) is 0 Å². The number of hydrogen-bond donors (Lipinski definition) is 2. The first kappa shape index (κ1) is 8.97. The number of β-amino-alcohol motifs (C(OH)–C–C–N with tert-alkyl or cyclic N) is 1. The summed E-state index contributed by atoms with van der Waals surface area (Å²) in [5, 5.41) is 12.3. The zero-order valence-corrected chi connectivity index (χ0v) is 7.86. The molecule has 2 N–H and O–H groups in total. The molecule has 4 nitrogen and oxygen atoms in total. The minimum absolute atomic E-state index is 0.132. The molecule has 0 bridgehead atoms. The summed E-state index contributed by atoms with van der Waals surface area (Å²) in [6.45, 7) is 4.89. The number of carbonyl (C=O) groups is 1. The molecule has 2 fully saturated rings. The molecule has 13 heavy (non-hydrogen) atoms. The van der Waals surface area contributed by atoms with Crippen LogP contribution in [0.2, 0.25) is 0 Å². The van der Waals surface area contributed by atoms with E-state index >= 15 is 0 Å². The summed E-state index contributed by atoms with van der Waals surface area (Å²) in [5.74, 6) is 0.778. The number of nitrogens with one attached hydrogen (secondary N) is 1. The van der Waals surface area contributed by atoms with Gasteiger partial charge in [0.15, 0.2) is 0 Å². The quantitative estimate of drug-likeness (QED) is 0.552. The molecule has 0 spiro atoms. The molecule has 2 aliphatic heterocycles. The second kappa shape index (κ2) is 3.27. The Hall–Kier alpha value is -0.610. The third-order valence-electron chi connectivity index (χ3n) is 3.01. The Morgan fingerprint density at radius 1 is 1.46 bits per heavy atom. The van der Waals surface area contributed by atoms with Gasteiger partial charge in [-0.3, -0.25) is 4.79 Å². The molecule has 2 saturated heterocycles. The molecular formula is C9H16N2O2. The molecule has 0 radical (unpaired) electrons. The molecule has 2 atom stereocenters. The molecule has 4 heteroatoms. The van der Waals surface area contributed by atoms with Crippen molar-refractivity contribution in [3.05, 3.63) is 0 Å². The molecule has 0 aromatic heterocycles. The van der Waals surface area contributed by atoms with E-state index in [0.717, 1.165) is 13.1 Å². The van der Waals surface area contributed by atoms with E-state index in [1.165, 1.54) is 0 Å². The van der Waals surface area contributed by atoms with E-state index in [2.05, 4.69) is 12.2 Å². The van der Waals surface area contributed by atoms with Gasteiger partial charge in [-0.1, -0.05) is 6.92 Å². The fourth-order valence-electron chi connectivity index (χ4n) is 2.01. The van der Waals surface area contributed by atoms with Crippen molar-refractivity contribution in [2.45, 2.75) is 13.0 Å². The second-order valence-corrected chi connectivity index (χ2v) is 4.14. The number of carbonyl (C=O) groups excluding carboxylic acids is 1. The molecule has 2 aliphatic rings. The fraction of sp³-hybridized carbons (Fsp3) is 0.889. The lowest BCUT2D eigenvalue weighted by Crippen LogP contribution is -2.56. The lowest BCUT2D eigenvalue weighted by Gasteiger charge is -2.38. The third kappa shape index (κ3) is 1.56. The van der Waals surface area contributed by atoms with Crippen LogP contribution in [-0.2, 0) is 4.79 Å². The molecule has 2 heterocycles. The van der Waals surface area contributed by atoms with E-state index in [0.29, 0.717) is 19.0 Å². The zero-order chi connectivity index (χ0) is 9.42. The van der Waals surface area contributed by atoms with E-state index in [1.54, 1.807) is 4.90 Å². The highest BCUT2D eigenvalue weighted by Gasteiger charge is 2.37. The average Bonchev–Trinajstić information content (AvgIpc) is 2.44. The molecule has 0 unspecified atom stereocenters. The molecule has 0 aromatic rings. The standard InChI is InChI=1S/C9H16N2O2/c1-6-2-10-3-8(6)9(13)11-4-7(12)5-11/h6-8,10,12H,2-5H2,1H3/t6-,8-/m1/s1. The highest BCUT2D eigenvalue weighted by molar-refractivity contribution is 5.80. The van der Waals surface area contributed by atoms with Crippen molar-refractivity contribution in [1.82, 2.24) is 10.2 Å². The van der Waals surface area contributed by atoms with Crippen LogP contribution >= 0.6 is 0 Å². The van der Waals surface area contributed by atoms with E-state index in [1.807, 2.05) is 0 Å². The van der Waals surface area contributed by atoms with Gasteiger partial charge < -0.3 is 15.3 Å². The monoisotopic (exact) mass is 184 g/mol. The van der Waals surface area contributed by atoms with Crippen molar-refractivity contribution in [2.75, 3.05) is 26.2 Å². The first-order valence-electron chi connectivity index (χ1n) is 4.86. The molecule has 74 valence electrons. The molecule has 0 aromatic carbocycles. The van der Waals surface area contributed by atoms with Gasteiger partial charge >= 0.3 is 0 Å². The van der Waals surface area contributed by atoms with Crippen molar-refractivity contribution in [3.8, 4) is 0 Å². The van der Waals surface area contributed by atoms with Gasteiger partial charge in [-0.2, -0.15) is 0 Å². The predicted octanol–water partition coefficient (Wildman–Crippen LogP) is -0.955. The summed E-state index contributed by atoms with van der Waals surface area (Å²) in [6.07, 6.45) is -0.284. The van der Waals surface area contributed by atoms with Crippen molar-refractivity contribution in [2.24, 2.45) is 11.8 Å². The number of hydrogen-bond acceptors (Lipinski definition) is 3. The maximum atomic E-state index is 11.8. The largest absolute Gasteiger partial charge is 0.389 e. The van der Waals surface area contributed by atoms with Crippen LogP contribution in [0.25, 0.3) is 0 Å². The number of aliphatic hydroxyl groups is 1. The first-order chi connectivity index (χ1) is 6.18. The van der Waals surface area contributed by atoms with Crippen molar-refractivity contribution in [3.63, 3.8) is 0 Å². The summed E-state index contributed by atoms with van der Waals surface area (Å²) in [6, 6.07) is 0. The van der Waals surface area contributed by atoms with Gasteiger partial charge in [0, 0.05) is 19.6 Å². The maximum absolute atomic E-state index is 11.8. The number of aliphatic hydroxyl groups excluding tert-OH is 1.